The molecule has 0 aliphatic heterocycles. The molecule has 0 aliphatic rings. The summed E-state index contributed by atoms with van der Waals surface area (Å²) in [5, 5.41) is 0. The number of pyridine rings is 1. The molecule has 0 spiro atoms. The average Bonchev–Trinajstić information content (AvgIpc) is 2.48. The number of alkyl halides is 3. The zero-order valence-corrected chi connectivity index (χ0v) is 11.6. The maximum Gasteiger partial charge on any atom is 0.423 e. The minimum absolute atomic E-state index is 0.233. The summed E-state index contributed by atoms with van der Waals surface area (Å²) in [5.74, 6) is 2.30. The molecule has 23 heavy (non-hydrogen) atoms. The number of hydrazine groups is 1. The highest BCUT2D eigenvalue weighted by atomic mass is 19.4. The van der Waals surface area contributed by atoms with E-state index in [0.717, 1.165) is 24.4 Å². The Labute approximate surface area is 128 Å². The van der Waals surface area contributed by atoms with E-state index in [1.54, 1.807) is 0 Å². The van der Waals surface area contributed by atoms with Crippen LogP contribution in [0.25, 0.3) is 0 Å². The monoisotopic (exact) mass is 333 g/mol. The number of ether oxygens (including phenoxy) is 1. The summed E-state index contributed by atoms with van der Waals surface area (Å²) >= 11 is 0. The molecular weight excluding hydrogens is 321 g/mol. The molecule has 1 heterocycles. The predicted molar refractivity (Wildman–Crippen MR) is 72.6 cm³/mol. The van der Waals surface area contributed by atoms with Crippen LogP contribution in [-0.2, 0) is 12.6 Å². The number of benzene rings is 1. The Hall–Kier alpha value is -2.42. The SMILES string of the molecule is NNc1nccc(OCCc2c(F)cccc2F)c1C(F)(F)F. The maximum atomic E-state index is 13.5. The van der Waals surface area contributed by atoms with Gasteiger partial charge in [-0.05, 0) is 18.2 Å². The fourth-order valence-corrected chi connectivity index (χ4v) is 1.98. The van der Waals surface area contributed by atoms with E-state index in [0.29, 0.717) is 0 Å². The first kappa shape index (κ1) is 16.9. The summed E-state index contributed by atoms with van der Waals surface area (Å²) in [6.45, 7) is -0.352. The van der Waals surface area contributed by atoms with Crippen LogP contribution in [0.15, 0.2) is 30.5 Å². The van der Waals surface area contributed by atoms with Crippen LogP contribution in [0.3, 0.4) is 0 Å². The van der Waals surface area contributed by atoms with Gasteiger partial charge in [0, 0.05) is 18.2 Å². The van der Waals surface area contributed by atoms with E-state index in [2.05, 4.69) is 4.98 Å². The quantitative estimate of drug-likeness (QED) is 0.501. The van der Waals surface area contributed by atoms with Crippen LogP contribution in [0.5, 0.6) is 5.75 Å². The number of nitrogens with zero attached hydrogens (tertiary/aromatic N) is 1. The van der Waals surface area contributed by atoms with Crippen LogP contribution in [0.1, 0.15) is 11.1 Å². The summed E-state index contributed by atoms with van der Waals surface area (Å²) in [7, 11) is 0. The van der Waals surface area contributed by atoms with Crippen LogP contribution >= 0.6 is 0 Å². The molecule has 4 nitrogen and oxygen atoms in total. The van der Waals surface area contributed by atoms with E-state index in [1.807, 2.05) is 5.43 Å². The number of halogens is 5. The molecule has 9 heteroatoms. The van der Waals surface area contributed by atoms with Crippen LogP contribution in [0.2, 0.25) is 0 Å². The molecule has 0 aliphatic carbocycles. The van der Waals surface area contributed by atoms with Crippen molar-refractivity contribution in [2.45, 2.75) is 12.6 Å². The Morgan fingerprint density at radius 1 is 1.13 bits per heavy atom. The highest BCUT2D eigenvalue weighted by molar-refractivity contribution is 5.52. The van der Waals surface area contributed by atoms with Crippen molar-refractivity contribution in [3.63, 3.8) is 0 Å². The molecule has 0 atom stereocenters. The van der Waals surface area contributed by atoms with Crippen LogP contribution in [-0.4, -0.2) is 11.6 Å². The van der Waals surface area contributed by atoms with Gasteiger partial charge in [-0.2, -0.15) is 13.2 Å². The second-order valence-electron chi connectivity index (χ2n) is 4.47. The largest absolute Gasteiger partial charge is 0.492 e. The number of nitrogen functional groups attached to an aromatic ring is 1. The minimum atomic E-state index is -4.76. The molecule has 0 bridgehead atoms. The van der Waals surface area contributed by atoms with E-state index >= 15 is 0 Å². The van der Waals surface area contributed by atoms with Gasteiger partial charge in [0.15, 0.2) is 5.82 Å². The lowest BCUT2D eigenvalue weighted by Gasteiger charge is -2.16. The molecule has 0 saturated carbocycles. The van der Waals surface area contributed by atoms with Gasteiger partial charge in [-0.1, -0.05) is 6.07 Å². The van der Waals surface area contributed by atoms with Gasteiger partial charge in [0.25, 0.3) is 0 Å². The number of anilines is 1. The molecule has 2 rings (SSSR count). The summed E-state index contributed by atoms with van der Waals surface area (Å²) in [6.07, 6.45) is -3.92. The Kier molecular flexibility index (Phi) is 4.99. The first-order valence-electron chi connectivity index (χ1n) is 6.43. The van der Waals surface area contributed by atoms with E-state index in [-0.39, 0.29) is 18.6 Å². The van der Waals surface area contributed by atoms with Crippen molar-refractivity contribution in [1.82, 2.24) is 4.98 Å². The van der Waals surface area contributed by atoms with E-state index in [4.69, 9.17) is 10.6 Å². The predicted octanol–water partition coefficient (Wildman–Crippen LogP) is 3.29. The van der Waals surface area contributed by atoms with Gasteiger partial charge in [0.1, 0.15) is 22.9 Å². The number of hydrogen-bond acceptors (Lipinski definition) is 4. The zero-order valence-electron chi connectivity index (χ0n) is 11.6. The fourth-order valence-electron chi connectivity index (χ4n) is 1.98. The molecule has 1 aromatic heterocycles. The van der Waals surface area contributed by atoms with Crippen molar-refractivity contribution in [2.24, 2.45) is 5.84 Å². The molecule has 0 amide bonds. The molecule has 2 aromatic rings. The Morgan fingerprint density at radius 3 is 2.35 bits per heavy atom. The molecule has 0 saturated heterocycles. The molecular formula is C14H12F5N3O. The summed E-state index contributed by atoms with van der Waals surface area (Å²) < 4.78 is 71.1. The lowest BCUT2D eigenvalue weighted by atomic mass is 10.1. The van der Waals surface area contributed by atoms with Gasteiger partial charge in [0.05, 0.1) is 6.61 Å². The van der Waals surface area contributed by atoms with Crippen molar-refractivity contribution in [2.75, 3.05) is 12.0 Å². The average molecular weight is 333 g/mol. The van der Waals surface area contributed by atoms with Crippen molar-refractivity contribution >= 4 is 5.82 Å². The lowest BCUT2D eigenvalue weighted by Crippen LogP contribution is -2.18. The fraction of sp³-hybridized carbons (Fsp3) is 0.214. The number of aromatic nitrogens is 1. The van der Waals surface area contributed by atoms with Gasteiger partial charge in [-0.3, -0.25) is 0 Å². The van der Waals surface area contributed by atoms with Crippen molar-refractivity contribution in [3.8, 4) is 5.75 Å². The van der Waals surface area contributed by atoms with E-state index in [9.17, 15) is 22.0 Å². The van der Waals surface area contributed by atoms with Gasteiger partial charge in [0.2, 0.25) is 0 Å². The zero-order chi connectivity index (χ0) is 17.0. The minimum Gasteiger partial charge on any atom is -0.492 e. The first-order valence-corrected chi connectivity index (χ1v) is 6.43. The van der Waals surface area contributed by atoms with Crippen LogP contribution in [0, 0.1) is 11.6 Å². The molecule has 0 fully saturated rings. The third-order valence-electron chi connectivity index (χ3n) is 3.00. The third-order valence-corrected chi connectivity index (χ3v) is 3.00. The second-order valence-corrected chi connectivity index (χ2v) is 4.47. The molecule has 124 valence electrons. The van der Waals surface area contributed by atoms with Gasteiger partial charge in [-0.15, -0.1) is 0 Å². The highest BCUT2D eigenvalue weighted by Crippen LogP contribution is 2.39. The smallest absolute Gasteiger partial charge is 0.423 e. The number of hydrogen-bond donors (Lipinski definition) is 2. The molecule has 0 radical (unpaired) electrons. The van der Waals surface area contributed by atoms with Crippen LogP contribution in [0.4, 0.5) is 27.8 Å². The maximum absolute atomic E-state index is 13.5. The molecule has 1 aromatic carbocycles. The third kappa shape index (κ3) is 3.86. The van der Waals surface area contributed by atoms with E-state index in [1.165, 1.54) is 6.07 Å². The normalized spacial score (nSPS) is 11.4. The number of nitrogens with two attached hydrogens (primary N) is 1. The van der Waals surface area contributed by atoms with E-state index < -0.39 is 34.9 Å². The highest BCUT2D eigenvalue weighted by Gasteiger charge is 2.38. The van der Waals surface area contributed by atoms with Crippen molar-refractivity contribution < 1.29 is 26.7 Å². The second kappa shape index (κ2) is 6.78. The molecule has 0 unspecified atom stereocenters. The van der Waals surface area contributed by atoms with Gasteiger partial charge >= 0.3 is 6.18 Å². The Balaban J connectivity index is 2.18. The number of rotatable bonds is 5. The summed E-state index contributed by atoms with van der Waals surface area (Å²) in [5.41, 5.74) is 0.397. The molecule has 3 N–H and O–H groups in total. The number of nitrogens with one attached hydrogen (secondary N) is 1. The first-order chi connectivity index (χ1) is 10.8. The lowest BCUT2D eigenvalue weighted by molar-refractivity contribution is -0.138. The Bertz CT molecular complexity index is 670. The summed E-state index contributed by atoms with van der Waals surface area (Å²) in [4.78, 5) is 3.46. The van der Waals surface area contributed by atoms with Gasteiger partial charge < -0.3 is 10.2 Å². The van der Waals surface area contributed by atoms with Crippen LogP contribution < -0.4 is 16.0 Å². The topological polar surface area (TPSA) is 60.2 Å². The summed E-state index contributed by atoms with van der Waals surface area (Å²) in [6, 6.07) is 4.31. The van der Waals surface area contributed by atoms with Crippen molar-refractivity contribution in [3.05, 3.63) is 53.2 Å². The Morgan fingerprint density at radius 2 is 1.78 bits per heavy atom. The van der Waals surface area contributed by atoms with Crippen molar-refractivity contribution in [1.29, 1.82) is 0 Å². The standard InChI is InChI=1S/C14H12F5N3O/c15-9-2-1-3-10(16)8(9)5-7-23-11-4-6-21-13(22-20)12(11)14(17,18)19/h1-4,6H,5,7,20H2,(H,21,22). The van der Waals surface area contributed by atoms with Gasteiger partial charge in [-0.25, -0.2) is 19.6 Å².